The molecule has 3 heterocycles. The SMILES string of the molecule is Cc1cc(C(=O)N2CC[C@@H]3OCCN(S(C)(=O)=O)[C@H]3CC2)no1. The molecular weight excluding hydrogens is 322 g/mol. The maximum Gasteiger partial charge on any atom is 0.276 e. The molecule has 2 aliphatic heterocycles. The van der Waals surface area contributed by atoms with Crippen LogP contribution >= 0.6 is 0 Å². The minimum atomic E-state index is -3.28. The summed E-state index contributed by atoms with van der Waals surface area (Å²) in [4.78, 5) is 14.2. The van der Waals surface area contributed by atoms with Gasteiger partial charge in [0.15, 0.2) is 5.69 Å². The fourth-order valence-electron chi connectivity index (χ4n) is 3.29. The number of fused-ring (bicyclic) bond motifs is 1. The zero-order valence-corrected chi connectivity index (χ0v) is 14.1. The molecule has 1 amide bonds. The lowest BCUT2D eigenvalue weighted by Crippen LogP contribution is -2.53. The smallest absolute Gasteiger partial charge is 0.276 e. The minimum absolute atomic E-state index is 0.171. The zero-order valence-electron chi connectivity index (χ0n) is 13.3. The van der Waals surface area contributed by atoms with Gasteiger partial charge in [0.25, 0.3) is 5.91 Å². The number of likely N-dealkylation sites (tertiary alicyclic amines) is 1. The van der Waals surface area contributed by atoms with Crippen LogP contribution < -0.4 is 0 Å². The Labute approximate surface area is 135 Å². The molecule has 2 aliphatic rings. The second-order valence-corrected chi connectivity index (χ2v) is 7.98. The van der Waals surface area contributed by atoms with Gasteiger partial charge in [-0.25, -0.2) is 8.42 Å². The topological polar surface area (TPSA) is 93.0 Å². The van der Waals surface area contributed by atoms with Crippen molar-refractivity contribution in [1.82, 2.24) is 14.4 Å². The van der Waals surface area contributed by atoms with Crippen molar-refractivity contribution >= 4 is 15.9 Å². The number of hydrogen-bond acceptors (Lipinski definition) is 6. The molecule has 3 rings (SSSR count). The molecule has 2 fully saturated rings. The molecule has 128 valence electrons. The minimum Gasteiger partial charge on any atom is -0.375 e. The van der Waals surface area contributed by atoms with Gasteiger partial charge in [0.05, 0.1) is 25.0 Å². The standard InChI is InChI=1S/C14H21N3O5S/c1-10-9-11(15-22-10)14(18)16-5-3-12-13(4-6-16)21-8-7-17(12)23(2,19)20/h9,12-13H,3-8H2,1-2H3/t12-,13-/m0/s1. The first-order chi connectivity index (χ1) is 10.9. The van der Waals surface area contributed by atoms with Gasteiger partial charge in [-0.2, -0.15) is 4.31 Å². The fraction of sp³-hybridized carbons (Fsp3) is 0.714. The predicted octanol–water partition coefficient (Wildman–Crippen LogP) is 0.248. The fourth-order valence-corrected chi connectivity index (χ4v) is 4.43. The highest BCUT2D eigenvalue weighted by molar-refractivity contribution is 7.88. The Bertz CT molecular complexity index is 686. The van der Waals surface area contributed by atoms with Gasteiger partial charge in [0.2, 0.25) is 10.0 Å². The van der Waals surface area contributed by atoms with Gasteiger partial charge in [-0.3, -0.25) is 4.79 Å². The molecule has 0 unspecified atom stereocenters. The predicted molar refractivity (Wildman–Crippen MR) is 81.5 cm³/mol. The third-order valence-corrected chi connectivity index (χ3v) is 5.69. The van der Waals surface area contributed by atoms with Gasteiger partial charge in [0, 0.05) is 25.7 Å². The molecular formula is C14H21N3O5S. The lowest BCUT2D eigenvalue weighted by molar-refractivity contribution is -0.0406. The Balaban J connectivity index is 1.74. The zero-order chi connectivity index (χ0) is 16.6. The number of amides is 1. The Kier molecular flexibility index (Phi) is 4.43. The Hall–Kier alpha value is -1.45. The van der Waals surface area contributed by atoms with Crippen molar-refractivity contribution in [3.8, 4) is 0 Å². The highest BCUT2D eigenvalue weighted by Gasteiger charge is 2.39. The van der Waals surface area contributed by atoms with E-state index in [1.807, 2.05) is 0 Å². The third-order valence-electron chi connectivity index (χ3n) is 4.38. The van der Waals surface area contributed by atoms with E-state index in [1.54, 1.807) is 17.9 Å². The molecule has 23 heavy (non-hydrogen) atoms. The Morgan fingerprint density at radius 3 is 2.70 bits per heavy atom. The summed E-state index contributed by atoms with van der Waals surface area (Å²) in [5, 5.41) is 3.76. The molecule has 1 aromatic rings. The molecule has 9 heteroatoms. The van der Waals surface area contributed by atoms with E-state index in [9.17, 15) is 13.2 Å². The van der Waals surface area contributed by atoms with Crippen molar-refractivity contribution in [2.45, 2.75) is 31.9 Å². The van der Waals surface area contributed by atoms with Crippen LogP contribution in [0.4, 0.5) is 0 Å². The van der Waals surface area contributed by atoms with E-state index in [-0.39, 0.29) is 23.7 Å². The second-order valence-electron chi connectivity index (χ2n) is 6.04. The Morgan fingerprint density at radius 1 is 1.30 bits per heavy atom. The average molecular weight is 343 g/mol. The monoisotopic (exact) mass is 343 g/mol. The van der Waals surface area contributed by atoms with Crippen molar-refractivity contribution in [3.05, 3.63) is 17.5 Å². The van der Waals surface area contributed by atoms with Crippen LogP contribution in [0.2, 0.25) is 0 Å². The normalized spacial score (nSPS) is 26.6. The van der Waals surface area contributed by atoms with Crippen molar-refractivity contribution in [1.29, 1.82) is 0 Å². The number of nitrogens with zero attached hydrogens (tertiary/aromatic N) is 3. The summed E-state index contributed by atoms with van der Waals surface area (Å²) in [6.45, 7) is 3.49. The van der Waals surface area contributed by atoms with Crippen LogP contribution in [0.1, 0.15) is 29.1 Å². The van der Waals surface area contributed by atoms with Crippen molar-refractivity contribution in [3.63, 3.8) is 0 Å². The number of carbonyl (C=O) groups excluding carboxylic acids is 1. The molecule has 1 aromatic heterocycles. The van der Waals surface area contributed by atoms with Crippen LogP contribution in [-0.2, 0) is 14.8 Å². The molecule has 0 radical (unpaired) electrons. The number of ether oxygens (including phenoxy) is 1. The summed E-state index contributed by atoms with van der Waals surface area (Å²) in [6, 6.07) is 1.40. The van der Waals surface area contributed by atoms with Crippen molar-refractivity contribution < 1.29 is 22.5 Å². The van der Waals surface area contributed by atoms with Gasteiger partial charge in [-0.05, 0) is 19.8 Å². The van der Waals surface area contributed by atoms with E-state index in [2.05, 4.69) is 5.16 Å². The van der Waals surface area contributed by atoms with Crippen LogP contribution in [0.3, 0.4) is 0 Å². The van der Waals surface area contributed by atoms with Crippen molar-refractivity contribution in [2.75, 3.05) is 32.5 Å². The lowest BCUT2D eigenvalue weighted by Gasteiger charge is -2.38. The summed E-state index contributed by atoms with van der Waals surface area (Å²) in [7, 11) is -3.28. The van der Waals surface area contributed by atoms with Crippen LogP contribution in [0.15, 0.2) is 10.6 Å². The molecule has 0 bridgehead atoms. The van der Waals surface area contributed by atoms with Crippen LogP contribution in [0, 0.1) is 6.92 Å². The summed E-state index contributed by atoms with van der Waals surface area (Å²) < 4.78 is 36.1. The molecule has 0 N–H and O–H groups in total. The van der Waals surface area contributed by atoms with Gasteiger partial charge >= 0.3 is 0 Å². The molecule has 8 nitrogen and oxygen atoms in total. The number of aromatic nitrogens is 1. The van der Waals surface area contributed by atoms with Crippen molar-refractivity contribution in [2.24, 2.45) is 0 Å². The van der Waals surface area contributed by atoms with E-state index in [1.165, 1.54) is 10.6 Å². The van der Waals surface area contributed by atoms with Gasteiger partial charge in [0.1, 0.15) is 5.76 Å². The first-order valence-electron chi connectivity index (χ1n) is 7.67. The first kappa shape index (κ1) is 16.4. The number of carbonyl (C=O) groups is 1. The average Bonchev–Trinajstić information content (AvgIpc) is 2.81. The summed E-state index contributed by atoms with van der Waals surface area (Å²) in [5.41, 5.74) is 0.285. The second kappa shape index (κ2) is 6.21. The van der Waals surface area contributed by atoms with Gasteiger partial charge < -0.3 is 14.2 Å². The number of rotatable bonds is 2. The van der Waals surface area contributed by atoms with E-state index >= 15 is 0 Å². The molecule has 0 spiro atoms. The summed E-state index contributed by atoms with van der Waals surface area (Å²) in [5.74, 6) is 0.398. The third kappa shape index (κ3) is 3.41. The summed E-state index contributed by atoms with van der Waals surface area (Å²) >= 11 is 0. The maximum absolute atomic E-state index is 12.5. The van der Waals surface area contributed by atoms with E-state index in [0.29, 0.717) is 44.8 Å². The largest absolute Gasteiger partial charge is 0.375 e. The molecule has 0 saturated carbocycles. The van der Waals surface area contributed by atoms with E-state index < -0.39 is 10.0 Å². The Morgan fingerprint density at radius 2 is 2.04 bits per heavy atom. The van der Waals surface area contributed by atoms with Crippen LogP contribution in [0.25, 0.3) is 0 Å². The number of aryl methyl sites for hydroxylation is 1. The van der Waals surface area contributed by atoms with Gasteiger partial charge in [-0.15, -0.1) is 0 Å². The number of morpholine rings is 1. The molecule has 2 saturated heterocycles. The first-order valence-corrected chi connectivity index (χ1v) is 9.52. The van der Waals surface area contributed by atoms with Crippen LogP contribution in [0.5, 0.6) is 0 Å². The number of sulfonamides is 1. The van der Waals surface area contributed by atoms with Crippen LogP contribution in [-0.4, -0.2) is 73.3 Å². The van der Waals surface area contributed by atoms with E-state index in [0.717, 1.165) is 0 Å². The highest BCUT2D eigenvalue weighted by Crippen LogP contribution is 2.26. The highest BCUT2D eigenvalue weighted by atomic mass is 32.2. The quantitative estimate of drug-likeness (QED) is 0.764. The lowest BCUT2D eigenvalue weighted by atomic mass is 10.0. The van der Waals surface area contributed by atoms with E-state index in [4.69, 9.17) is 9.26 Å². The maximum atomic E-state index is 12.5. The number of hydrogen-bond donors (Lipinski definition) is 0. The molecule has 2 atom stereocenters. The van der Waals surface area contributed by atoms with Gasteiger partial charge in [-0.1, -0.05) is 5.16 Å². The molecule has 0 aliphatic carbocycles. The summed E-state index contributed by atoms with van der Waals surface area (Å²) in [6.07, 6.45) is 2.22. The molecule has 0 aromatic carbocycles.